The molecule has 0 aromatic heterocycles. The molecule has 0 radical (unpaired) electrons. The van der Waals surface area contributed by atoms with Crippen LogP contribution in [0.1, 0.15) is 18.9 Å². The van der Waals surface area contributed by atoms with Gasteiger partial charge in [-0.25, -0.2) is 0 Å². The van der Waals surface area contributed by atoms with Gasteiger partial charge < -0.3 is 15.2 Å². The van der Waals surface area contributed by atoms with E-state index in [0.29, 0.717) is 22.3 Å². The number of hydrogen-bond donors (Lipinski definition) is 2. The van der Waals surface area contributed by atoms with Gasteiger partial charge in [0.05, 0.1) is 18.7 Å². The van der Waals surface area contributed by atoms with Crippen molar-refractivity contribution < 1.29 is 9.84 Å². The van der Waals surface area contributed by atoms with Gasteiger partial charge in [-0.2, -0.15) is 0 Å². The average Bonchev–Trinajstić information content (AvgIpc) is 2.29. The van der Waals surface area contributed by atoms with E-state index in [4.69, 9.17) is 33.0 Å². The maximum absolute atomic E-state index is 9.09. The third-order valence-corrected chi connectivity index (χ3v) is 3.08. The van der Waals surface area contributed by atoms with Crippen LogP contribution in [0, 0.1) is 0 Å². The monoisotopic (exact) mass is 313 g/mol. The molecular formula is C12H18Cl3NO2. The molecule has 1 unspecified atom stereocenters. The van der Waals surface area contributed by atoms with Gasteiger partial charge in [0.15, 0.2) is 0 Å². The van der Waals surface area contributed by atoms with Crippen molar-refractivity contribution in [3.05, 3.63) is 27.7 Å². The molecule has 0 saturated carbocycles. The number of ether oxygens (including phenoxy) is 1. The molecule has 1 aromatic rings. The molecule has 0 aliphatic heterocycles. The molecule has 6 heteroatoms. The van der Waals surface area contributed by atoms with Crippen LogP contribution in [-0.4, -0.2) is 24.9 Å². The standard InChI is InChI=1S/C12H17Cl2NO2.ClH/c1-3-10(7-16)15-6-8-4-9(13)5-11(14)12(8)17-2;/h4-5,10,15-16H,3,6-7H2,1-2H3;1H. The predicted molar refractivity (Wildman–Crippen MR) is 78.3 cm³/mol. The third kappa shape index (κ3) is 4.82. The van der Waals surface area contributed by atoms with Crippen molar-refractivity contribution in [3.8, 4) is 5.75 Å². The van der Waals surface area contributed by atoms with E-state index in [1.54, 1.807) is 13.2 Å². The summed E-state index contributed by atoms with van der Waals surface area (Å²) in [7, 11) is 1.57. The Morgan fingerprint density at radius 1 is 1.39 bits per heavy atom. The zero-order chi connectivity index (χ0) is 12.8. The second kappa shape index (κ2) is 8.83. The minimum absolute atomic E-state index is 0. The molecule has 2 N–H and O–H groups in total. The topological polar surface area (TPSA) is 41.5 Å². The molecule has 1 rings (SSSR count). The molecule has 104 valence electrons. The molecule has 0 aliphatic rings. The average molecular weight is 315 g/mol. The van der Waals surface area contributed by atoms with E-state index in [1.165, 1.54) is 0 Å². The Bertz CT molecular complexity index is 371. The first kappa shape index (κ1) is 17.8. The number of hydrogen-bond acceptors (Lipinski definition) is 3. The zero-order valence-corrected chi connectivity index (χ0v) is 12.7. The van der Waals surface area contributed by atoms with Crippen LogP contribution < -0.4 is 10.1 Å². The molecular weight excluding hydrogens is 296 g/mol. The lowest BCUT2D eigenvalue weighted by Gasteiger charge is -2.16. The molecule has 3 nitrogen and oxygen atoms in total. The number of aliphatic hydroxyl groups excluding tert-OH is 1. The van der Waals surface area contributed by atoms with Crippen molar-refractivity contribution in [1.29, 1.82) is 0 Å². The first-order valence-electron chi connectivity index (χ1n) is 5.48. The van der Waals surface area contributed by atoms with Crippen molar-refractivity contribution in [2.24, 2.45) is 0 Å². The Balaban J connectivity index is 0.00000289. The van der Waals surface area contributed by atoms with E-state index < -0.39 is 0 Å². The van der Waals surface area contributed by atoms with Crippen LogP contribution in [0.2, 0.25) is 10.0 Å². The highest BCUT2D eigenvalue weighted by molar-refractivity contribution is 6.35. The van der Waals surface area contributed by atoms with Gasteiger partial charge in [0.25, 0.3) is 0 Å². The van der Waals surface area contributed by atoms with Gasteiger partial charge in [-0.3, -0.25) is 0 Å². The number of aliphatic hydroxyl groups is 1. The molecule has 0 bridgehead atoms. The quantitative estimate of drug-likeness (QED) is 0.846. The smallest absolute Gasteiger partial charge is 0.142 e. The van der Waals surface area contributed by atoms with Crippen LogP contribution in [0.3, 0.4) is 0 Å². The number of methoxy groups -OCH3 is 1. The Hall–Kier alpha value is -0.190. The normalized spacial score (nSPS) is 11.8. The number of halogens is 3. The largest absolute Gasteiger partial charge is 0.495 e. The molecule has 0 heterocycles. The van der Waals surface area contributed by atoms with E-state index in [1.807, 2.05) is 13.0 Å². The lowest BCUT2D eigenvalue weighted by Crippen LogP contribution is -2.31. The summed E-state index contributed by atoms with van der Waals surface area (Å²) in [5.41, 5.74) is 0.886. The number of rotatable bonds is 6. The SMILES string of the molecule is CCC(CO)NCc1cc(Cl)cc(Cl)c1OC.Cl. The summed E-state index contributed by atoms with van der Waals surface area (Å²) in [6, 6.07) is 3.52. The molecule has 0 fully saturated rings. The second-order valence-electron chi connectivity index (χ2n) is 3.75. The Morgan fingerprint density at radius 2 is 2.06 bits per heavy atom. The molecule has 0 saturated heterocycles. The maximum atomic E-state index is 9.09. The summed E-state index contributed by atoms with van der Waals surface area (Å²) in [6.45, 7) is 2.67. The Kier molecular flexibility index (Phi) is 8.74. The lowest BCUT2D eigenvalue weighted by atomic mass is 10.1. The van der Waals surface area contributed by atoms with Crippen molar-refractivity contribution in [2.75, 3.05) is 13.7 Å². The number of nitrogens with one attached hydrogen (secondary N) is 1. The van der Waals surface area contributed by atoms with Gasteiger partial charge in [-0.1, -0.05) is 30.1 Å². The molecule has 1 atom stereocenters. The highest BCUT2D eigenvalue weighted by Gasteiger charge is 2.11. The highest BCUT2D eigenvalue weighted by Crippen LogP contribution is 2.32. The predicted octanol–water partition coefficient (Wildman–Crippen LogP) is 3.28. The molecule has 18 heavy (non-hydrogen) atoms. The number of benzene rings is 1. The summed E-state index contributed by atoms with van der Waals surface area (Å²) in [4.78, 5) is 0. The second-order valence-corrected chi connectivity index (χ2v) is 4.59. The maximum Gasteiger partial charge on any atom is 0.142 e. The lowest BCUT2D eigenvalue weighted by molar-refractivity contribution is 0.238. The van der Waals surface area contributed by atoms with Gasteiger partial charge in [0, 0.05) is 23.2 Å². The first-order chi connectivity index (χ1) is 8.12. The van der Waals surface area contributed by atoms with E-state index in [9.17, 15) is 0 Å². The Morgan fingerprint density at radius 3 is 2.56 bits per heavy atom. The first-order valence-corrected chi connectivity index (χ1v) is 6.24. The summed E-state index contributed by atoms with van der Waals surface area (Å²) in [5, 5.41) is 13.4. The van der Waals surface area contributed by atoms with E-state index >= 15 is 0 Å². The van der Waals surface area contributed by atoms with Gasteiger partial charge in [0.2, 0.25) is 0 Å². The summed E-state index contributed by atoms with van der Waals surface area (Å²) in [5.74, 6) is 0.622. The van der Waals surface area contributed by atoms with Crippen LogP contribution in [0.5, 0.6) is 5.75 Å². The van der Waals surface area contributed by atoms with Crippen molar-refractivity contribution >= 4 is 35.6 Å². The van der Waals surface area contributed by atoms with Crippen LogP contribution in [0.4, 0.5) is 0 Å². The Labute approximate surface area is 124 Å². The van der Waals surface area contributed by atoms with Gasteiger partial charge in [0.1, 0.15) is 5.75 Å². The fourth-order valence-corrected chi connectivity index (χ4v) is 2.18. The van der Waals surface area contributed by atoms with Crippen molar-refractivity contribution in [1.82, 2.24) is 5.32 Å². The van der Waals surface area contributed by atoms with E-state index in [0.717, 1.165) is 12.0 Å². The van der Waals surface area contributed by atoms with Crippen LogP contribution in [0.15, 0.2) is 12.1 Å². The zero-order valence-electron chi connectivity index (χ0n) is 10.4. The molecule has 0 amide bonds. The minimum atomic E-state index is 0. The van der Waals surface area contributed by atoms with Crippen LogP contribution in [0.25, 0.3) is 0 Å². The fraction of sp³-hybridized carbons (Fsp3) is 0.500. The summed E-state index contributed by atoms with van der Waals surface area (Å²) >= 11 is 12.0. The summed E-state index contributed by atoms with van der Waals surface area (Å²) in [6.07, 6.45) is 0.854. The van der Waals surface area contributed by atoms with Crippen LogP contribution >= 0.6 is 35.6 Å². The minimum Gasteiger partial charge on any atom is -0.495 e. The fourth-order valence-electron chi connectivity index (χ4n) is 1.57. The van der Waals surface area contributed by atoms with E-state index in [-0.39, 0.29) is 25.1 Å². The summed E-state index contributed by atoms with van der Waals surface area (Å²) < 4.78 is 5.24. The molecule has 0 spiro atoms. The molecule has 0 aliphatic carbocycles. The van der Waals surface area contributed by atoms with Gasteiger partial charge in [-0.05, 0) is 18.6 Å². The van der Waals surface area contributed by atoms with E-state index in [2.05, 4.69) is 5.32 Å². The van der Waals surface area contributed by atoms with Crippen molar-refractivity contribution in [2.45, 2.75) is 25.9 Å². The van der Waals surface area contributed by atoms with Crippen LogP contribution in [-0.2, 0) is 6.54 Å². The third-order valence-electron chi connectivity index (χ3n) is 2.58. The molecule has 1 aromatic carbocycles. The van der Waals surface area contributed by atoms with Gasteiger partial charge in [-0.15, -0.1) is 12.4 Å². The van der Waals surface area contributed by atoms with Crippen molar-refractivity contribution in [3.63, 3.8) is 0 Å². The van der Waals surface area contributed by atoms with Gasteiger partial charge >= 0.3 is 0 Å². The highest BCUT2D eigenvalue weighted by atomic mass is 35.5.